The van der Waals surface area contributed by atoms with Crippen molar-refractivity contribution >= 4 is 29.1 Å². The van der Waals surface area contributed by atoms with E-state index >= 15 is 0 Å². The summed E-state index contributed by atoms with van der Waals surface area (Å²) in [6.45, 7) is 0. The first-order valence-electron chi connectivity index (χ1n) is 12.0. The van der Waals surface area contributed by atoms with Gasteiger partial charge in [0.15, 0.2) is 17.3 Å². The largest absolute Gasteiger partial charge is 0.469 e. The molecule has 1 saturated heterocycles. The van der Waals surface area contributed by atoms with E-state index in [0.717, 1.165) is 11.3 Å². The van der Waals surface area contributed by atoms with Gasteiger partial charge in [-0.05, 0) is 23.8 Å². The summed E-state index contributed by atoms with van der Waals surface area (Å²) in [6, 6.07) is 25.9. The summed E-state index contributed by atoms with van der Waals surface area (Å²) in [5.41, 5.74) is 1.56. The zero-order valence-corrected chi connectivity index (χ0v) is 19.2. The zero-order valence-electron chi connectivity index (χ0n) is 19.2. The molecule has 0 saturated carbocycles. The molecule has 0 amide bonds. The molecule has 0 radical (unpaired) electrons. The van der Waals surface area contributed by atoms with Crippen LogP contribution in [0.2, 0.25) is 0 Å². The molecule has 0 bridgehead atoms. The highest BCUT2D eigenvalue weighted by molar-refractivity contribution is 6.32. The number of ketones is 3. The molecular formula is C31H21NO4. The lowest BCUT2D eigenvalue weighted by Gasteiger charge is -2.37. The van der Waals surface area contributed by atoms with Gasteiger partial charge in [-0.3, -0.25) is 14.4 Å². The van der Waals surface area contributed by atoms with Crippen LogP contribution in [-0.2, 0) is 0 Å². The third-order valence-electron chi connectivity index (χ3n) is 7.89. The molecule has 3 aliphatic rings. The Morgan fingerprint density at radius 2 is 1.44 bits per heavy atom. The minimum Gasteiger partial charge on any atom is -0.469 e. The summed E-state index contributed by atoms with van der Waals surface area (Å²) in [7, 11) is 0. The van der Waals surface area contributed by atoms with Gasteiger partial charge in [-0.2, -0.15) is 0 Å². The maximum atomic E-state index is 14.4. The summed E-state index contributed by atoms with van der Waals surface area (Å²) in [5, 5.41) is 0. The number of para-hydroxylation sites is 1. The molecule has 3 heterocycles. The van der Waals surface area contributed by atoms with Crippen LogP contribution < -0.4 is 4.90 Å². The number of hydrogen-bond donors (Lipinski definition) is 0. The first kappa shape index (κ1) is 20.8. The van der Waals surface area contributed by atoms with E-state index < -0.39 is 23.4 Å². The fraction of sp³-hybridized carbons (Fsp3) is 0.129. The van der Waals surface area contributed by atoms with Crippen LogP contribution in [0.4, 0.5) is 5.69 Å². The highest BCUT2D eigenvalue weighted by Gasteiger charge is 2.72. The normalized spacial score (nSPS) is 23.0. The third-order valence-corrected chi connectivity index (χ3v) is 7.89. The average molecular weight is 472 g/mol. The van der Waals surface area contributed by atoms with E-state index in [9.17, 15) is 14.4 Å². The van der Waals surface area contributed by atoms with Crippen molar-refractivity contribution in [2.45, 2.75) is 18.0 Å². The Morgan fingerprint density at radius 1 is 0.778 bits per heavy atom. The number of fused-ring (bicyclic) bond motifs is 5. The summed E-state index contributed by atoms with van der Waals surface area (Å²) in [5.74, 6) is -1.02. The monoisotopic (exact) mass is 471 g/mol. The van der Waals surface area contributed by atoms with Crippen LogP contribution in [0, 0.1) is 5.41 Å². The molecule has 36 heavy (non-hydrogen) atoms. The van der Waals surface area contributed by atoms with Gasteiger partial charge in [0.05, 0.1) is 18.2 Å². The Labute approximate surface area is 207 Å². The standard InChI is InChI=1S/C31H21NO4/c33-28(20-10-2-1-3-11-20)27-26(24-15-8-18-36-24)31(29(34)21-12-5-6-13-22(21)30(31)35)25-17-16-19-9-4-7-14-23(19)32(25)27/h1-18,25-27H. The van der Waals surface area contributed by atoms with Gasteiger partial charge in [0.2, 0.25) is 0 Å². The van der Waals surface area contributed by atoms with Crippen LogP contribution >= 0.6 is 0 Å². The Bertz CT molecular complexity index is 1530. The number of carbonyl (C=O) groups excluding carboxylic acids is 3. The van der Waals surface area contributed by atoms with E-state index in [1.807, 2.05) is 59.5 Å². The van der Waals surface area contributed by atoms with Gasteiger partial charge in [0, 0.05) is 22.4 Å². The predicted octanol–water partition coefficient (Wildman–Crippen LogP) is 5.60. The smallest absolute Gasteiger partial charge is 0.186 e. The first-order chi connectivity index (χ1) is 17.6. The van der Waals surface area contributed by atoms with Crippen molar-refractivity contribution in [3.05, 3.63) is 131 Å². The number of furan rings is 1. The van der Waals surface area contributed by atoms with Crippen LogP contribution in [0.3, 0.4) is 0 Å². The number of nitrogens with zero attached hydrogens (tertiary/aromatic N) is 1. The fourth-order valence-electron chi connectivity index (χ4n) is 6.47. The molecule has 0 N–H and O–H groups in total. The molecule has 1 fully saturated rings. The number of anilines is 1. The van der Waals surface area contributed by atoms with Crippen molar-refractivity contribution in [2.24, 2.45) is 5.41 Å². The van der Waals surface area contributed by atoms with Gasteiger partial charge in [-0.1, -0.05) is 84.9 Å². The molecule has 174 valence electrons. The van der Waals surface area contributed by atoms with Crippen molar-refractivity contribution in [1.82, 2.24) is 0 Å². The number of hydrogen-bond acceptors (Lipinski definition) is 5. The van der Waals surface area contributed by atoms with Crippen molar-refractivity contribution < 1.29 is 18.8 Å². The lowest BCUT2D eigenvalue weighted by molar-refractivity contribution is 0.0652. The van der Waals surface area contributed by atoms with Crippen molar-refractivity contribution in [3.8, 4) is 0 Å². The van der Waals surface area contributed by atoms with Crippen molar-refractivity contribution in [2.75, 3.05) is 4.90 Å². The summed E-state index contributed by atoms with van der Waals surface area (Å²) >= 11 is 0. The zero-order chi connectivity index (χ0) is 24.4. The molecule has 3 aromatic carbocycles. The Kier molecular flexibility index (Phi) is 4.33. The Morgan fingerprint density at radius 3 is 2.14 bits per heavy atom. The van der Waals surface area contributed by atoms with Gasteiger partial charge in [0.25, 0.3) is 0 Å². The lowest BCUT2D eigenvalue weighted by Crippen LogP contribution is -2.48. The molecule has 1 aliphatic carbocycles. The second-order valence-electron chi connectivity index (χ2n) is 9.51. The molecular weight excluding hydrogens is 450 g/mol. The van der Waals surface area contributed by atoms with Crippen LogP contribution in [-0.4, -0.2) is 29.4 Å². The summed E-state index contributed by atoms with van der Waals surface area (Å²) in [6.07, 6.45) is 5.40. The van der Waals surface area contributed by atoms with Gasteiger partial charge in [0.1, 0.15) is 17.2 Å². The van der Waals surface area contributed by atoms with Crippen LogP contribution in [0.5, 0.6) is 0 Å². The lowest BCUT2D eigenvalue weighted by atomic mass is 9.65. The van der Waals surface area contributed by atoms with Gasteiger partial charge in [-0.15, -0.1) is 0 Å². The minimum atomic E-state index is -1.53. The Hall–Kier alpha value is -4.51. The molecule has 2 aliphatic heterocycles. The van der Waals surface area contributed by atoms with Crippen LogP contribution in [0.25, 0.3) is 6.08 Å². The van der Waals surface area contributed by atoms with Gasteiger partial charge < -0.3 is 9.32 Å². The summed E-state index contributed by atoms with van der Waals surface area (Å²) in [4.78, 5) is 45.0. The number of benzene rings is 3. The highest BCUT2D eigenvalue weighted by atomic mass is 16.3. The average Bonchev–Trinajstić information content (AvgIpc) is 3.62. The SMILES string of the molecule is O=C(c1ccccc1)C1C(c2ccco2)C2(C(=O)c3ccccc3C2=O)C2C=Cc3ccccc3N12. The molecule has 7 rings (SSSR count). The fourth-order valence-corrected chi connectivity index (χ4v) is 6.47. The maximum Gasteiger partial charge on any atom is 0.186 e. The van der Waals surface area contributed by atoms with E-state index in [2.05, 4.69) is 0 Å². The van der Waals surface area contributed by atoms with E-state index in [1.165, 1.54) is 6.26 Å². The van der Waals surface area contributed by atoms with Crippen molar-refractivity contribution in [1.29, 1.82) is 0 Å². The topological polar surface area (TPSA) is 67.6 Å². The summed E-state index contributed by atoms with van der Waals surface area (Å²) < 4.78 is 5.90. The van der Waals surface area contributed by atoms with Crippen LogP contribution in [0.1, 0.15) is 48.3 Å². The van der Waals surface area contributed by atoms with Crippen molar-refractivity contribution in [3.63, 3.8) is 0 Å². The molecule has 1 aromatic heterocycles. The third kappa shape index (κ3) is 2.52. The Balaban J connectivity index is 1.55. The van der Waals surface area contributed by atoms with E-state index in [1.54, 1.807) is 48.5 Å². The number of rotatable bonds is 3. The highest BCUT2D eigenvalue weighted by Crippen LogP contribution is 2.60. The van der Waals surface area contributed by atoms with Crippen LogP contribution in [0.15, 0.2) is 108 Å². The van der Waals surface area contributed by atoms with E-state index in [0.29, 0.717) is 22.5 Å². The number of Topliss-reactive ketones (excluding diaryl/α,β-unsaturated/α-hetero) is 3. The van der Waals surface area contributed by atoms with Gasteiger partial charge in [-0.25, -0.2) is 0 Å². The minimum absolute atomic E-state index is 0.152. The molecule has 3 unspecified atom stereocenters. The molecule has 5 nitrogen and oxygen atoms in total. The number of carbonyl (C=O) groups is 3. The predicted molar refractivity (Wildman–Crippen MR) is 135 cm³/mol. The molecule has 1 spiro atoms. The second-order valence-corrected chi connectivity index (χ2v) is 9.51. The molecule has 3 atom stereocenters. The maximum absolute atomic E-state index is 14.4. The quantitative estimate of drug-likeness (QED) is 0.288. The molecule has 5 heteroatoms. The van der Waals surface area contributed by atoms with E-state index in [4.69, 9.17) is 4.42 Å². The van der Waals surface area contributed by atoms with E-state index in [-0.39, 0.29) is 17.3 Å². The first-order valence-corrected chi connectivity index (χ1v) is 12.0. The second kappa shape index (κ2) is 7.49. The molecule has 4 aromatic rings. The van der Waals surface area contributed by atoms with Gasteiger partial charge >= 0.3 is 0 Å².